The van der Waals surface area contributed by atoms with Crippen LogP contribution in [0.5, 0.6) is 0 Å². The summed E-state index contributed by atoms with van der Waals surface area (Å²) in [5.74, 6) is 0.367. The predicted molar refractivity (Wildman–Crippen MR) is 179 cm³/mol. The molecule has 1 unspecified atom stereocenters. The third-order valence-corrected chi connectivity index (χ3v) is 9.06. The van der Waals surface area contributed by atoms with Crippen molar-refractivity contribution in [2.45, 2.75) is 6.42 Å². The largest absolute Gasteiger partial charge is 0.384 e. The van der Waals surface area contributed by atoms with Gasteiger partial charge < -0.3 is 14.8 Å². The first kappa shape index (κ1) is 24.9. The van der Waals surface area contributed by atoms with Crippen molar-refractivity contribution < 1.29 is 0 Å². The molecule has 0 bridgehead atoms. The van der Waals surface area contributed by atoms with Gasteiger partial charge in [0.1, 0.15) is 0 Å². The number of allylic oxidation sites excluding steroid dienone is 3. The highest BCUT2D eigenvalue weighted by molar-refractivity contribution is 6.12. The van der Waals surface area contributed by atoms with Gasteiger partial charge in [-0.25, -0.2) is 0 Å². The van der Waals surface area contributed by atoms with Crippen molar-refractivity contribution in [3.8, 4) is 28.1 Å². The monoisotopic (exact) mass is 567 g/mol. The van der Waals surface area contributed by atoms with E-state index in [1.165, 1.54) is 27.8 Å². The molecular weight excluding hydrogens is 538 g/mol. The van der Waals surface area contributed by atoms with Gasteiger partial charge in [-0.3, -0.25) is 9.97 Å². The number of rotatable bonds is 3. The van der Waals surface area contributed by atoms with E-state index in [0.717, 1.165) is 58.1 Å². The molecule has 0 fully saturated rings. The Kier molecular flexibility index (Phi) is 5.63. The van der Waals surface area contributed by atoms with Crippen LogP contribution < -0.4 is 10.2 Å². The third kappa shape index (κ3) is 3.79. The van der Waals surface area contributed by atoms with Gasteiger partial charge in [0.25, 0.3) is 0 Å². The van der Waals surface area contributed by atoms with Crippen LogP contribution in [0.4, 0.5) is 17.1 Å². The summed E-state index contributed by atoms with van der Waals surface area (Å²) in [7, 11) is 0. The molecular formula is C39H29N5. The maximum absolute atomic E-state index is 4.67. The fraction of sp³-hybridized carbons (Fsp3) is 0.0769. The molecule has 2 aliphatic heterocycles. The van der Waals surface area contributed by atoms with E-state index in [0.29, 0.717) is 5.92 Å². The highest BCUT2D eigenvalue weighted by Crippen LogP contribution is 2.54. The zero-order chi connectivity index (χ0) is 29.0. The van der Waals surface area contributed by atoms with Crippen LogP contribution >= 0.6 is 0 Å². The smallest absolute Gasteiger partial charge is 0.0657 e. The predicted octanol–water partition coefficient (Wildman–Crippen LogP) is 8.77. The Morgan fingerprint density at radius 1 is 0.773 bits per heavy atom. The number of aromatic nitrogens is 3. The van der Waals surface area contributed by atoms with Crippen LogP contribution in [0.1, 0.15) is 11.1 Å². The molecule has 0 saturated heterocycles. The molecule has 1 atom stereocenters. The zero-order valence-electron chi connectivity index (χ0n) is 24.1. The van der Waals surface area contributed by atoms with Crippen LogP contribution in [0.2, 0.25) is 0 Å². The lowest BCUT2D eigenvalue weighted by Crippen LogP contribution is -2.24. The lowest BCUT2D eigenvalue weighted by Gasteiger charge is -2.29. The number of hydrogen-bond donors (Lipinski definition) is 1. The first-order chi connectivity index (χ1) is 21.8. The van der Waals surface area contributed by atoms with Crippen molar-refractivity contribution in [3.63, 3.8) is 0 Å². The minimum Gasteiger partial charge on any atom is -0.384 e. The molecule has 1 N–H and O–H groups in total. The van der Waals surface area contributed by atoms with Gasteiger partial charge in [-0.15, -0.1) is 0 Å². The summed E-state index contributed by atoms with van der Waals surface area (Å²) in [5.41, 5.74) is 14.0. The highest BCUT2D eigenvalue weighted by Gasteiger charge is 2.32. The van der Waals surface area contributed by atoms with Gasteiger partial charge in [0.2, 0.25) is 0 Å². The van der Waals surface area contributed by atoms with E-state index in [1.807, 2.05) is 24.8 Å². The van der Waals surface area contributed by atoms with Crippen LogP contribution in [-0.2, 0) is 6.42 Å². The molecule has 3 aliphatic rings. The average molecular weight is 568 g/mol. The summed E-state index contributed by atoms with van der Waals surface area (Å²) in [6, 6.07) is 30.5. The fourth-order valence-corrected chi connectivity index (χ4v) is 7.09. The average Bonchev–Trinajstić information content (AvgIpc) is 3.38. The van der Waals surface area contributed by atoms with Gasteiger partial charge in [0, 0.05) is 76.4 Å². The van der Waals surface area contributed by atoms with E-state index in [2.05, 4.69) is 140 Å². The number of benzene rings is 3. The van der Waals surface area contributed by atoms with Crippen molar-refractivity contribution in [3.05, 3.63) is 151 Å². The Labute approximate surface area is 256 Å². The van der Waals surface area contributed by atoms with Crippen LogP contribution in [0.3, 0.4) is 0 Å². The second kappa shape index (κ2) is 9.96. The minimum absolute atomic E-state index is 0.367. The Balaban J connectivity index is 1.27. The van der Waals surface area contributed by atoms with Crippen molar-refractivity contribution >= 4 is 34.0 Å². The number of dihydropyridines is 1. The first-order valence-corrected chi connectivity index (χ1v) is 15.1. The van der Waals surface area contributed by atoms with Crippen LogP contribution in [0.15, 0.2) is 140 Å². The summed E-state index contributed by atoms with van der Waals surface area (Å²) >= 11 is 0. The number of anilines is 3. The Morgan fingerprint density at radius 3 is 2.41 bits per heavy atom. The lowest BCUT2D eigenvalue weighted by atomic mass is 9.86. The molecule has 1 aliphatic carbocycles. The molecule has 0 amide bonds. The second-order valence-corrected chi connectivity index (χ2v) is 11.5. The molecule has 5 nitrogen and oxygen atoms in total. The molecule has 3 aromatic carbocycles. The number of pyridine rings is 2. The van der Waals surface area contributed by atoms with Gasteiger partial charge in [0.05, 0.1) is 22.6 Å². The lowest BCUT2D eigenvalue weighted by molar-refractivity contribution is 0.667. The van der Waals surface area contributed by atoms with E-state index in [4.69, 9.17) is 0 Å². The molecule has 0 saturated carbocycles. The van der Waals surface area contributed by atoms with Crippen LogP contribution in [-0.4, -0.2) is 21.1 Å². The zero-order valence-corrected chi connectivity index (χ0v) is 24.1. The number of nitrogens with zero attached hydrogens (tertiary/aromatic N) is 4. The van der Waals surface area contributed by atoms with Crippen LogP contribution in [0, 0.1) is 5.92 Å². The van der Waals surface area contributed by atoms with Gasteiger partial charge in [-0.2, -0.15) is 0 Å². The SMILES string of the molecule is C1=CCNC(C2C=Cc3cc(N4c5ccncc5-c5c(n(-c6ccccc6)c6ccccc56)-c5cnccc54)ccc3C2)=C1. The number of para-hydroxylation sites is 2. The molecule has 210 valence electrons. The normalized spacial score (nSPS) is 16.3. The molecule has 5 heteroatoms. The number of nitrogens with one attached hydrogen (secondary N) is 1. The fourth-order valence-electron chi connectivity index (χ4n) is 7.09. The van der Waals surface area contributed by atoms with E-state index in [9.17, 15) is 0 Å². The van der Waals surface area contributed by atoms with Crippen molar-refractivity contribution in [2.24, 2.45) is 5.92 Å². The van der Waals surface area contributed by atoms with E-state index in [1.54, 1.807) is 0 Å². The molecule has 0 radical (unpaired) electrons. The second-order valence-electron chi connectivity index (χ2n) is 11.5. The highest BCUT2D eigenvalue weighted by atomic mass is 15.2. The van der Waals surface area contributed by atoms with Crippen molar-refractivity contribution in [1.82, 2.24) is 19.9 Å². The van der Waals surface area contributed by atoms with E-state index < -0.39 is 0 Å². The molecule has 3 aromatic heterocycles. The molecule has 5 heterocycles. The number of hydrogen-bond acceptors (Lipinski definition) is 4. The van der Waals surface area contributed by atoms with Gasteiger partial charge in [0.15, 0.2) is 0 Å². The van der Waals surface area contributed by atoms with Gasteiger partial charge in [-0.1, -0.05) is 66.8 Å². The Hall–Kier alpha value is -5.68. The molecule has 9 rings (SSSR count). The Bertz CT molecular complexity index is 2170. The summed E-state index contributed by atoms with van der Waals surface area (Å²) in [6.45, 7) is 0.893. The quantitative estimate of drug-likeness (QED) is 0.232. The van der Waals surface area contributed by atoms with E-state index >= 15 is 0 Å². The van der Waals surface area contributed by atoms with Gasteiger partial charge >= 0.3 is 0 Å². The summed E-state index contributed by atoms with van der Waals surface area (Å²) in [5, 5.41) is 4.74. The van der Waals surface area contributed by atoms with Crippen molar-refractivity contribution in [1.29, 1.82) is 0 Å². The molecule has 44 heavy (non-hydrogen) atoms. The number of fused-ring (bicyclic) bond motifs is 8. The third-order valence-electron chi connectivity index (χ3n) is 9.06. The topological polar surface area (TPSA) is 46.0 Å². The standard InChI is InChI=1S/C39H29N5/c1-2-8-29(9-3-1)44-35-12-5-4-10-31(35)38-32-24-40-20-17-36(32)43(37-18-21-41-25-33(37)39(38)44)30-16-15-26-22-28(14-13-27(26)23-30)34-11-6-7-19-42-34/h1-18,20-21,23-25,28,42H,19,22H2. The molecule has 6 aromatic rings. The van der Waals surface area contributed by atoms with Crippen LogP contribution in [0.25, 0.3) is 45.1 Å². The van der Waals surface area contributed by atoms with E-state index in [-0.39, 0.29) is 0 Å². The summed E-state index contributed by atoms with van der Waals surface area (Å²) < 4.78 is 2.38. The summed E-state index contributed by atoms with van der Waals surface area (Å²) in [4.78, 5) is 11.7. The summed E-state index contributed by atoms with van der Waals surface area (Å²) in [6.07, 6.45) is 20.0. The maximum atomic E-state index is 4.67. The van der Waals surface area contributed by atoms with Gasteiger partial charge in [-0.05, 0) is 66.1 Å². The molecule has 0 spiro atoms. The van der Waals surface area contributed by atoms with Crippen molar-refractivity contribution in [2.75, 3.05) is 11.4 Å². The first-order valence-electron chi connectivity index (χ1n) is 15.1. The maximum Gasteiger partial charge on any atom is 0.0657 e. The Morgan fingerprint density at radius 2 is 1.57 bits per heavy atom. The minimum atomic E-state index is 0.367.